The number of para-hydroxylation sites is 1. The molecule has 0 radical (unpaired) electrons. The number of ketones is 1. The molecule has 2 nitrogen and oxygen atoms in total. The number of aromatic nitrogens is 1. The van der Waals surface area contributed by atoms with E-state index in [2.05, 4.69) is 4.98 Å². The van der Waals surface area contributed by atoms with E-state index in [1.54, 1.807) is 18.0 Å². The Hall–Kier alpha value is -2.13. The Morgan fingerprint density at radius 1 is 1.05 bits per heavy atom. The van der Waals surface area contributed by atoms with E-state index in [1.165, 1.54) is 0 Å². The van der Waals surface area contributed by atoms with Crippen molar-refractivity contribution in [3.05, 3.63) is 71.9 Å². The van der Waals surface area contributed by atoms with Crippen molar-refractivity contribution < 1.29 is 4.79 Å². The number of carbonyl (C=O) groups is 1. The molecule has 0 atom stereocenters. The van der Waals surface area contributed by atoms with Gasteiger partial charge in [0.05, 0.1) is 5.52 Å². The first kappa shape index (κ1) is 13.8. The van der Waals surface area contributed by atoms with Gasteiger partial charge in [-0.15, -0.1) is 11.8 Å². The number of Topliss-reactive ketones (excluding diaryl/α,β-unsaturated/α-hetero) is 1. The third-order valence-corrected chi connectivity index (χ3v) is 4.29. The summed E-state index contributed by atoms with van der Waals surface area (Å²) >= 11 is 1.60. The second-order valence-electron chi connectivity index (χ2n) is 4.79. The van der Waals surface area contributed by atoms with Crippen LogP contribution in [0.3, 0.4) is 0 Å². The van der Waals surface area contributed by atoms with Crippen LogP contribution in [0, 0.1) is 0 Å². The first-order valence-corrected chi connectivity index (χ1v) is 8.01. The van der Waals surface area contributed by atoms with Crippen LogP contribution in [-0.4, -0.2) is 17.0 Å². The van der Waals surface area contributed by atoms with Crippen LogP contribution in [0.2, 0.25) is 0 Å². The summed E-state index contributed by atoms with van der Waals surface area (Å²) in [6, 6.07) is 17.6. The molecule has 0 fully saturated rings. The minimum atomic E-state index is 0.149. The predicted octanol–water partition coefficient (Wildman–Crippen LogP) is 4.38. The summed E-state index contributed by atoms with van der Waals surface area (Å²) < 4.78 is 0. The van der Waals surface area contributed by atoms with Crippen LogP contribution in [0.15, 0.2) is 65.7 Å². The van der Waals surface area contributed by atoms with Crippen molar-refractivity contribution >= 4 is 28.4 Å². The summed E-state index contributed by atoms with van der Waals surface area (Å²) in [6.07, 6.45) is 4.17. The smallest absolute Gasteiger partial charge is 0.168 e. The topological polar surface area (TPSA) is 30.0 Å². The lowest BCUT2D eigenvalue weighted by Crippen LogP contribution is -2.05. The number of nitrogens with zero attached hydrogens (tertiary/aromatic N) is 1. The third kappa shape index (κ3) is 2.83. The van der Waals surface area contributed by atoms with E-state index in [0.29, 0.717) is 6.42 Å². The third-order valence-electron chi connectivity index (χ3n) is 3.50. The van der Waals surface area contributed by atoms with Crippen LogP contribution in [-0.2, 0) is 6.42 Å². The van der Waals surface area contributed by atoms with Gasteiger partial charge in [-0.2, -0.15) is 0 Å². The van der Waals surface area contributed by atoms with E-state index >= 15 is 0 Å². The fourth-order valence-corrected chi connectivity index (χ4v) is 3.07. The van der Waals surface area contributed by atoms with Crippen LogP contribution in [0.25, 0.3) is 10.9 Å². The van der Waals surface area contributed by atoms with E-state index in [4.69, 9.17) is 0 Å². The molecule has 0 aliphatic carbocycles. The van der Waals surface area contributed by atoms with Gasteiger partial charge in [-0.1, -0.05) is 36.4 Å². The lowest BCUT2D eigenvalue weighted by atomic mass is 10.00. The summed E-state index contributed by atoms with van der Waals surface area (Å²) in [6.45, 7) is 0. The number of benzene rings is 2. The van der Waals surface area contributed by atoms with Crippen molar-refractivity contribution in [2.24, 2.45) is 0 Å². The van der Waals surface area contributed by atoms with Gasteiger partial charge in [-0.3, -0.25) is 9.78 Å². The van der Waals surface area contributed by atoms with Crippen LogP contribution >= 0.6 is 11.8 Å². The van der Waals surface area contributed by atoms with Crippen molar-refractivity contribution in [2.75, 3.05) is 6.26 Å². The van der Waals surface area contributed by atoms with Crippen molar-refractivity contribution in [3.8, 4) is 0 Å². The molecule has 0 N–H and O–H groups in total. The Kier molecular flexibility index (Phi) is 4.02. The molecule has 0 unspecified atom stereocenters. The zero-order valence-corrected chi connectivity index (χ0v) is 12.6. The Balaban J connectivity index is 1.97. The van der Waals surface area contributed by atoms with Gasteiger partial charge in [-0.05, 0) is 30.0 Å². The highest BCUT2D eigenvalue weighted by molar-refractivity contribution is 7.98. The first-order chi connectivity index (χ1) is 10.3. The molecule has 3 rings (SSSR count). The van der Waals surface area contributed by atoms with Crippen LogP contribution in [0.1, 0.15) is 15.9 Å². The van der Waals surface area contributed by atoms with Gasteiger partial charge in [0.1, 0.15) is 0 Å². The summed E-state index contributed by atoms with van der Waals surface area (Å²) in [4.78, 5) is 18.0. The summed E-state index contributed by atoms with van der Waals surface area (Å²) in [5.41, 5.74) is 2.76. The Bertz CT molecular complexity index is 793. The SMILES string of the molecule is CSc1ccccc1C(=O)Cc1ccnc2ccccc12. The maximum absolute atomic E-state index is 12.6. The van der Waals surface area contributed by atoms with Crippen LogP contribution in [0.5, 0.6) is 0 Å². The van der Waals surface area contributed by atoms with Crippen molar-refractivity contribution in [3.63, 3.8) is 0 Å². The molecule has 1 heterocycles. The molecule has 0 saturated heterocycles. The normalized spacial score (nSPS) is 10.7. The number of thioether (sulfide) groups is 1. The minimum Gasteiger partial charge on any atom is -0.294 e. The maximum atomic E-state index is 12.6. The van der Waals surface area contributed by atoms with Gasteiger partial charge < -0.3 is 0 Å². The Morgan fingerprint density at radius 2 is 1.81 bits per heavy atom. The lowest BCUT2D eigenvalue weighted by Gasteiger charge is -2.08. The molecule has 21 heavy (non-hydrogen) atoms. The fraction of sp³-hybridized carbons (Fsp3) is 0.111. The van der Waals surface area contributed by atoms with Crippen LogP contribution in [0.4, 0.5) is 0 Å². The number of fused-ring (bicyclic) bond motifs is 1. The van der Waals surface area contributed by atoms with E-state index in [9.17, 15) is 4.79 Å². The largest absolute Gasteiger partial charge is 0.294 e. The zero-order valence-electron chi connectivity index (χ0n) is 11.7. The van der Waals surface area contributed by atoms with Gasteiger partial charge in [0.25, 0.3) is 0 Å². The monoisotopic (exact) mass is 293 g/mol. The molecular formula is C18H15NOS. The molecule has 3 aromatic rings. The molecule has 0 aliphatic heterocycles. The number of rotatable bonds is 4. The molecule has 0 bridgehead atoms. The minimum absolute atomic E-state index is 0.149. The summed E-state index contributed by atoms with van der Waals surface area (Å²) in [5, 5.41) is 1.05. The highest BCUT2D eigenvalue weighted by Gasteiger charge is 2.12. The standard InChI is InChI=1S/C18H15NOS/c1-21-18-9-5-3-7-15(18)17(20)12-13-10-11-19-16-8-4-2-6-14(13)16/h2-11H,12H2,1H3. The number of hydrogen-bond donors (Lipinski definition) is 0. The average molecular weight is 293 g/mol. The fourth-order valence-electron chi connectivity index (χ4n) is 2.45. The predicted molar refractivity (Wildman–Crippen MR) is 88.0 cm³/mol. The van der Waals surface area contributed by atoms with E-state index in [0.717, 1.165) is 26.9 Å². The van der Waals surface area contributed by atoms with Crippen LogP contribution < -0.4 is 0 Å². The molecule has 0 spiro atoms. The van der Waals surface area contributed by atoms with Crippen molar-refractivity contribution in [1.82, 2.24) is 4.98 Å². The highest BCUT2D eigenvalue weighted by atomic mass is 32.2. The Labute approximate surface area is 128 Å². The summed E-state index contributed by atoms with van der Waals surface area (Å²) in [7, 11) is 0. The zero-order chi connectivity index (χ0) is 14.7. The molecule has 2 aromatic carbocycles. The molecule has 3 heteroatoms. The molecule has 0 saturated carbocycles. The molecule has 0 aliphatic rings. The van der Waals surface area contributed by atoms with Crippen molar-refractivity contribution in [1.29, 1.82) is 0 Å². The van der Waals surface area contributed by atoms with Gasteiger partial charge >= 0.3 is 0 Å². The summed E-state index contributed by atoms with van der Waals surface area (Å²) in [5.74, 6) is 0.149. The average Bonchev–Trinajstić information content (AvgIpc) is 2.55. The van der Waals surface area contributed by atoms with E-state index in [-0.39, 0.29) is 5.78 Å². The molecule has 104 valence electrons. The van der Waals surface area contributed by atoms with Gasteiger partial charge in [-0.25, -0.2) is 0 Å². The first-order valence-electron chi connectivity index (χ1n) is 6.78. The molecule has 0 amide bonds. The van der Waals surface area contributed by atoms with Crippen molar-refractivity contribution in [2.45, 2.75) is 11.3 Å². The van der Waals surface area contributed by atoms with Gasteiger partial charge in [0.2, 0.25) is 0 Å². The highest BCUT2D eigenvalue weighted by Crippen LogP contribution is 2.23. The lowest BCUT2D eigenvalue weighted by molar-refractivity contribution is 0.0990. The number of hydrogen-bond acceptors (Lipinski definition) is 3. The second-order valence-corrected chi connectivity index (χ2v) is 5.64. The second kappa shape index (κ2) is 6.10. The number of carbonyl (C=O) groups excluding carboxylic acids is 1. The molecular weight excluding hydrogens is 278 g/mol. The van der Waals surface area contributed by atoms with Gasteiger partial charge in [0.15, 0.2) is 5.78 Å². The van der Waals surface area contributed by atoms with E-state index < -0.39 is 0 Å². The Morgan fingerprint density at radius 3 is 2.67 bits per heavy atom. The maximum Gasteiger partial charge on any atom is 0.168 e. The van der Waals surface area contributed by atoms with E-state index in [1.807, 2.05) is 60.9 Å². The van der Waals surface area contributed by atoms with Gasteiger partial charge in [0, 0.05) is 28.5 Å². The molecule has 1 aromatic heterocycles. The quantitative estimate of drug-likeness (QED) is 0.528. The number of pyridine rings is 1.